The number of hydrogen-bond donors (Lipinski definition) is 1. The minimum absolute atomic E-state index is 0.190. The maximum absolute atomic E-state index is 13.5. The average Bonchev–Trinajstić information content (AvgIpc) is 2.76. The molecule has 4 heteroatoms. The zero-order valence-corrected chi connectivity index (χ0v) is 11.5. The molecule has 20 heavy (non-hydrogen) atoms. The van der Waals surface area contributed by atoms with Crippen molar-refractivity contribution in [2.75, 3.05) is 5.32 Å². The number of anilines is 1. The number of halogens is 1. The Morgan fingerprint density at radius 1 is 1.20 bits per heavy atom. The van der Waals surface area contributed by atoms with Crippen LogP contribution in [0.3, 0.4) is 0 Å². The largest absolute Gasteiger partial charge is 0.379 e. The van der Waals surface area contributed by atoms with Crippen molar-refractivity contribution < 1.29 is 4.39 Å². The lowest BCUT2D eigenvalue weighted by atomic mass is 10.2. The highest BCUT2D eigenvalue weighted by molar-refractivity contribution is 5.47. The lowest BCUT2D eigenvalue weighted by Crippen LogP contribution is -2.04. The molecule has 0 atom stereocenters. The van der Waals surface area contributed by atoms with Crippen LogP contribution in [0, 0.1) is 19.7 Å². The van der Waals surface area contributed by atoms with E-state index in [1.54, 1.807) is 13.0 Å². The minimum atomic E-state index is -0.190. The highest BCUT2D eigenvalue weighted by Gasteiger charge is 2.08. The molecule has 0 spiro atoms. The fraction of sp³-hybridized carbons (Fsp3) is 0.188. The highest BCUT2D eigenvalue weighted by Crippen LogP contribution is 2.17. The van der Waals surface area contributed by atoms with Crippen LogP contribution in [-0.4, -0.2) is 9.38 Å². The molecule has 3 rings (SSSR count). The topological polar surface area (TPSA) is 29.3 Å². The molecule has 0 amide bonds. The molecule has 2 heterocycles. The summed E-state index contributed by atoms with van der Waals surface area (Å²) in [5.74, 6) is -0.190. The van der Waals surface area contributed by atoms with Crippen LogP contribution in [-0.2, 0) is 6.54 Å². The van der Waals surface area contributed by atoms with E-state index >= 15 is 0 Å². The summed E-state index contributed by atoms with van der Waals surface area (Å²) in [6, 6.07) is 11.1. The van der Waals surface area contributed by atoms with Crippen LogP contribution in [0.5, 0.6) is 0 Å². The molecule has 0 bridgehead atoms. The summed E-state index contributed by atoms with van der Waals surface area (Å²) in [5.41, 5.74) is 4.43. The van der Waals surface area contributed by atoms with Crippen LogP contribution < -0.4 is 5.32 Å². The van der Waals surface area contributed by atoms with Gasteiger partial charge in [-0.05, 0) is 43.7 Å². The number of nitrogens with one attached hydrogen (secondary N) is 1. The van der Waals surface area contributed by atoms with Crippen molar-refractivity contribution in [2.45, 2.75) is 20.4 Å². The Morgan fingerprint density at radius 3 is 2.85 bits per heavy atom. The third-order valence-electron chi connectivity index (χ3n) is 3.46. The summed E-state index contributed by atoms with van der Waals surface area (Å²) in [6.07, 6.45) is 1.99. The Bertz CT molecular complexity index is 762. The van der Waals surface area contributed by atoms with E-state index in [9.17, 15) is 4.39 Å². The number of imidazole rings is 1. The van der Waals surface area contributed by atoms with Crippen LogP contribution >= 0.6 is 0 Å². The van der Waals surface area contributed by atoms with Crippen LogP contribution in [0.2, 0.25) is 0 Å². The number of pyridine rings is 1. The van der Waals surface area contributed by atoms with E-state index in [-0.39, 0.29) is 5.82 Å². The van der Waals surface area contributed by atoms with Crippen LogP contribution in [0.1, 0.15) is 17.0 Å². The van der Waals surface area contributed by atoms with Crippen molar-refractivity contribution in [3.05, 3.63) is 65.4 Å². The first-order valence-corrected chi connectivity index (χ1v) is 6.58. The van der Waals surface area contributed by atoms with Gasteiger partial charge in [0.25, 0.3) is 0 Å². The predicted octanol–water partition coefficient (Wildman–Crippen LogP) is 3.70. The number of benzene rings is 1. The molecule has 0 saturated carbocycles. The lowest BCUT2D eigenvalue weighted by molar-refractivity contribution is 0.619. The van der Waals surface area contributed by atoms with Crippen molar-refractivity contribution in [3.63, 3.8) is 0 Å². The van der Waals surface area contributed by atoms with Gasteiger partial charge in [-0.3, -0.25) is 0 Å². The second-order valence-electron chi connectivity index (χ2n) is 4.89. The lowest BCUT2D eigenvalue weighted by Gasteiger charge is -2.08. The maximum Gasteiger partial charge on any atom is 0.137 e. The van der Waals surface area contributed by atoms with Gasteiger partial charge in [-0.2, -0.15) is 0 Å². The summed E-state index contributed by atoms with van der Waals surface area (Å²) in [5, 5.41) is 3.25. The summed E-state index contributed by atoms with van der Waals surface area (Å²) in [7, 11) is 0. The van der Waals surface area contributed by atoms with Gasteiger partial charge in [0.15, 0.2) is 0 Å². The van der Waals surface area contributed by atoms with Gasteiger partial charge in [0.2, 0.25) is 0 Å². The predicted molar refractivity (Wildman–Crippen MR) is 78.4 cm³/mol. The Kier molecular flexibility index (Phi) is 3.14. The monoisotopic (exact) mass is 269 g/mol. The van der Waals surface area contributed by atoms with Gasteiger partial charge < -0.3 is 9.72 Å². The van der Waals surface area contributed by atoms with Crippen molar-refractivity contribution in [1.82, 2.24) is 9.38 Å². The van der Waals surface area contributed by atoms with Gasteiger partial charge >= 0.3 is 0 Å². The third-order valence-corrected chi connectivity index (χ3v) is 3.46. The number of aryl methyl sites for hydroxylation is 2. The summed E-state index contributed by atoms with van der Waals surface area (Å²) >= 11 is 0. The van der Waals surface area contributed by atoms with E-state index in [0.29, 0.717) is 12.1 Å². The molecule has 2 aromatic heterocycles. The summed E-state index contributed by atoms with van der Waals surface area (Å²) < 4.78 is 15.6. The first-order valence-electron chi connectivity index (χ1n) is 6.58. The van der Waals surface area contributed by atoms with E-state index in [4.69, 9.17) is 0 Å². The molecule has 0 aliphatic rings. The van der Waals surface area contributed by atoms with Gasteiger partial charge in [-0.25, -0.2) is 9.37 Å². The number of rotatable bonds is 3. The fourth-order valence-electron chi connectivity index (χ4n) is 2.27. The van der Waals surface area contributed by atoms with E-state index < -0.39 is 0 Å². The Morgan fingerprint density at radius 2 is 2.05 bits per heavy atom. The molecule has 0 aliphatic heterocycles. The second-order valence-corrected chi connectivity index (χ2v) is 4.89. The Labute approximate surface area is 117 Å². The normalized spacial score (nSPS) is 10.9. The van der Waals surface area contributed by atoms with Gasteiger partial charge in [-0.1, -0.05) is 12.1 Å². The Hall–Kier alpha value is -2.36. The smallest absolute Gasteiger partial charge is 0.137 e. The fourth-order valence-corrected chi connectivity index (χ4v) is 2.27. The van der Waals surface area contributed by atoms with Crippen molar-refractivity contribution >= 4 is 11.3 Å². The molecule has 102 valence electrons. The average molecular weight is 269 g/mol. The molecule has 0 aliphatic carbocycles. The zero-order valence-electron chi connectivity index (χ0n) is 11.5. The number of nitrogens with zero attached hydrogens (tertiary/aromatic N) is 2. The molecule has 0 radical (unpaired) electrons. The van der Waals surface area contributed by atoms with Crippen LogP contribution in [0.15, 0.2) is 42.6 Å². The molecule has 3 nitrogen and oxygen atoms in total. The zero-order chi connectivity index (χ0) is 14.1. The second kappa shape index (κ2) is 4.96. The van der Waals surface area contributed by atoms with Gasteiger partial charge in [0.1, 0.15) is 11.5 Å². The molecular weight excluding hydrogens is 253 g/mol. The first-order chi connectivity index (χ1) is 9.65. The van der Waals surface area contributed by atoms with E-state index in [1.165, 1.54) is 6.07 Å². The van der Waals surface area contributed by atoms with E-state index in [1.807, 2.05) is 41.8 Å². The van der Waals surface area contributed by atoms with Gasteiger partial charge in [-0.15, -0.1) is 0 Å². The first kappa shape index (κ1) is 12.7. The van der Waals surface area contributed by atoms with Gasteiger partial charge in [0.05, 0.1) is 17.9 Å². The maximum atomic E-state index is 13.5. The van der Waals surface area contributed by atoms with Crippen LogP contribution in [0.25, 0.3) is 5.65 Å². The molecule has 0 saturated heterocycles. The Balaban J connectivity index is 1.86. The van der Waals surface area contributed by atoms with E-state index in [2.05, 4.69) is 10.3 Å². The molecular formula is C16H16FN3. The van der Waals surface area contributed by atoms with Crippen molar-refractivity contribution in [1.29, 1.82) is 0 Å². The van der Waals surface area contributed by atoms with Crippen LogP contribution in [0.4, 0.5) is 10.1 Å². The molecule has 1 aromatic carbocycles. The summed E-state index contributed by atoms with van der Waals surface area (Å²) in [6.45, 7) is 4.35. The molecule has 0 unspecified atom stereocenters. The molecule has 1 N–H and O–H groups in total. The molecule has 0 fully saturated rings. The highest BCUT2D eigenvalue weighted by atomic mass is 19.1. The van der Waals surface area contributed by atoms with Crippen molar-refractivity contribution in [2.24, 2.45) is 0 Å². The standard InChI is InChI=1S/C16H16FN3/c1-11-6-7-13(9-14(11)17)18-10-15-12(2)19-16-5-3-4-8-20(15)16/h3-9,18H,10H2,1-2H3. The minimum Gasteiger partial charge on any atom is -0.379 e. The SMILES string of the molecule is Cc1ccc(NCc2c(C)nc3ccccn23)cc1F. The number of hydrogen-bond acceptors (Lipinski definition) is 2. The third kappa shape index (κ3) is 2.25. The number of aromatic nitrogens is 2. The van der Waals surface area contributed by atoms with Crippen molar-refractivity contribution in [3.8, 4) is 0 Å². The number of fused-ring (bicyclic) bond motifs is 1. The quantitative estimate of drug-likeness (QED) is 0.785. The van der Waals surface area contributed by atoms with Gasteiger partial charge in [0, 0.05) is 11.9 Å². The molecule has 3 aromatic rings. The van der Waals surface area contributed by atoms with E-state index in [0.717, 1.165) is 22.7 Å². The summed E-state index contributed by atoms with van der Waals surface area (Å²) in [4.78, 5) is 4.51.